The molecule has 90 valence electrons. The van der Waals surface area contributed by atoms with Crippen LogP contribution in [-0.2, 0) is 0 Å². The molecule has 0 bridgehead atoms. The lowest BCUT2D eigenvalue weighted by atomic mass is 10.2. The Balaban J connectivity index is 2.27. The predicted molar refractivity (Wildman–Crippen MR) is 57.9 cm³/mol. The number of alkyl halides is 3. The van der Waals surface area contributed by atoms with Crippen LogP contribution in [0.5, 0.6) is 0 Å². The molecule has 1 aliphatic rings. The van der Waals surface area contributed by atoms with Crippen molar-refractivity contribution < 1.29 is 17.6 Å². The van der Waals surface area contributed by atoms with E-state index in [1.807, 2.05) is 0 Å². The van der Waals surface area contributed by atoms with E-state index in [1.165, 1.54) is 6.07 Å². The van der Waals surface area contributed by atoms with Crippen LogP contribution < -0.4 is 0 Å². The van der Waals surface area contributed by atoms with E-state index < -0.39 is 11.3 Å². The van der Waals surface area contributed by atoms with Gasteiger partial charge in [0, 0.05) is 16.4 Å². The molecule has 1 aliphatic carbocycles. The highest BCUT2D eigenvalue weighted by Crippen LogP contribution is 2.38. The normalized spacial score (nSPS) is 15.3. The summed E-state index contributed by atoms with van der Waals surface area (Å²) >= 11 is -0.329. The molecule has 0 spiro atoms. The van der Waals surface area contributed by atoms with Gasteiger partial charge in [0.25, 0.3) is 0 Å². The molecule has 1 fully saturated rings. The Labute approximate surface area is 100 Å². The first kappa shape index (κ1) is 12.3. The topological polar surface area (TPSA) is 0 Å². The minimum absolute atomic E-state index is 0.175. The van der Waals surface area contributed by atoms with Crippen LogP contribution >= 0.6 is 11.8 Å². The number of halogens is 4. The van der Waals surface area contributed by atoms with E-state index in [0.29, 0.717) is 5.92 Å². The van der Waals surface area contributed by atoms with Crippen LogP contribution in [0.4, 0.5) is 17.6 Å². The van der Waals surface area contributed by atoms with Crippen molar-refractivity contribution in [3.05, 3.63) is 29.6 Å². The predicted octanol–water partition coefficient (Wildman–Crippen LogP) is 4.20. The highest BCUT2D eigenvalue weighted by atomic mass is 32.2. The molecule has 17 heavy (non-hydrogen) atoms. The second-order valence-electron chi connectivity index (χ2n) is 3.73. The van der Waals surface area contributed by atoms with Crippen molar-refractivity contribution in [3.8, 4) is 11.8 Å². The van der Waals surface area contributed by atoms with Gasteiger partial charge in [-0.15, -0.1) is 0 Å². The Morgan fingerprint density at radius 3 is 2.53 bits per heavy atom. The van der Waals surface area contributed by atoms with E-state index in [1.54, 1.807) is 0 Å². The minimum Gasteiger partial charge on any atom is -0.207 e. The summed E-state index contributed by atoms with van der Waals surface area (Å²) in [6.45, 7) is 0. The first-order chi connectivity index (χ1) is 7.94. The van der Waals surface area contributed by atoms with Gasteiger partial charge in [0.1, 0.15) is 5.82 Å². The molecule has 0 aliphatic heterocycles. The van der Waals surface area contributed by atoms with Gasteiger partial charge >= 0.3 is 5.51 Å². The van der Waals surface area contributed by atoms with Crippen LogP contribution in [0.1, 0.15) is 18.4 Å². The fraction of sp³-hybridized carbons (Fsp3) is 0.333. The Morgan fingerprint density at radius 2 is 1.94 bits per heavy atom. The van der Waals surface area contributed by atoms with Crippen LogP contribution in [0.25, 0.3) is 0 Å². The van der Waals surface area contributed by atoms with Gasteiger partial charge in [-0.2, -0.15) is 13.2 Å². The summed E-state index contributed by atoms with van der Waals surface area (Å²) in [6, 6.07) is 3.28. The lowest BCUT2D eigenvalue weighted by Crippen LogP contribution is -2.00. The van der Waals surface area contributed by atoms with Gasteiger partial charge in [-0.05, 0) is 42.8 Å². The van der Waals surface area contributed by atoms with Crippen molar-refractivity contribution in [3.63, 3.8) is 0 Å². The van der Waals surface area contributed by atoms with Gasteiger partial charge in [0.05, 0.1) is 0 Å². The van der Waals surface area contributed by atoms with E-state index in [0.717, 1.165) is 25.0 Å². The molecular weight excluding hydrogens is 252 g/mol. The quantitative estimate of drug-likeness (QED) is 0.414. The van der Waals surface area contributed by atoms with Gasteiger partial charge in [-0.3, -0.25) is 0 Å². The van der Waals surface area contributed by atoms with Crippen LogP contribution in [0.15, 0.2) is 23.1 Å². The highest BCUT2D eigenvalue weighted by Gasteiger charge is 2.30. The highest BCUT2D eigenvalue weighted by molar-refractivity contribution is 8.00. The summed E-state index contributed by atoms with van der Waals surface area (Å²) in [5.74, 6) is 5.16. The summed E-state index contributed by atoms with van der Waals surface area (Å²) in [5.41, 5.74) is -4.19. The second-order valence-corrected chi connectivity index (χ2v) is 4.84. The van der Waals surface area contributed by atoms with Crippen molar-refractivity contribution in [2.45, 2.75) is 23.2 Å². The molecule has 0 aromatic heterocycles. The third-order valence-electron chi connectivity index (χ3n) is 2.16. The summed E-state index contributed by atoms with van der Waals surface area (Å²) in [5, 5.41) is 0. The number of hydrogen-bond acceptors (Lipinski definition) is 1. The molecular formula is C12H8F4S. The molecule has 0 radical (unpaired) electrons. The average molecular weight is 260 g/mol. The molecule has 0 N–H and O–H groups in total. The number of hydrogen-bond donors (Lipinski definition) is 0. The molecule has 2 rings (SSSR count). The fourth-order valence-electron chi connectivity index (χ4n) is 1.22. The lowest BCUT2D eigenvalue weighted by Gasteiger charge is -2.07. The average Bonchev–Trinajstić information content (AvgIpc) is 2.97. The van der Waals surface area contributed by atoms with Gasteiger partial charge in [-0.25, -0.2) is 4.39 Å². The zero-order chi connectivity index (χ0) is 12.5. The summed E-state index contributed by atoms with van der Waals surface area (Å²) < 4.78 is 49.7. The largest absolute Gasteiger partial charge is 0.446 e. The minimum atomic E-state index is -4.43. The smallest absolute Gasteiger partial charge is 0.207 e. The molecule has 1 saturated carbocycles. The Kier molecular flexibility index (Phi) is 3.34. The Morgan fingerprint density at radius 1 is 1.24 bits per heavy atom. The van der Waals surface area contributed by atoms with Crippen LogP contribution in [0.2, 0.25) is 0 Å². The molecule has 0 saturated heterocycles. The molecule has 0 atom stereocenters. The van der Waals surface area contributed by atoms with E-state index in [4.69, 9.17) is 0 Å². The maximum atomic E-state index is 12.9. The molecule has 1 aromatic carbocycles. The number of rotatable bonds is 1. The monoisotopic (exact) mass is 260 g/mol. The molecule has 0 unspecified atom stereocenters. The van der Waals surface area contributed by atoms with Gasteiger partial charge in [-0.1, -0.05) is 11.8 Å². The number of thioether (sulfide) groups is 1. The second kappa shape index (κ2) is 4.61. The standard InChI is InChI=1S/C12H8F4S/c13-10-6-5-9(4-3-8-1-2-8)11(7-10)17-12(14,15)16/h5-8H,1-2H2. The summed E-state index contributed by atoms with van der Waals surface area (Å²) in [4.78, 5) is -0.175. The lowest BCUT2D eigenvalue weighted by molar-refractivity contribution is -0.0328. The van der Waals surface area contributed by atoms with Crippen molar-refractivity contribution in [2.75, 3.05) is 0 Å². The van der Waals surface area contributed by atoms with E-state index in [2.05, 4.69) is 11.8 Å². The van der Waals surface area contributed by atoms with Crippen molar-refractivity contribution in [1.82, 2.24) is 0 Å². The van der Waals surface area contributed by atoms with E-state index in [9.17, 15) is 17.6 Å². The summed E-state index contributed by atoms with van der Waals surface area (Å²) in [7, 11) is 0. The molecule has 0 amide bonds. The van der Waals surface area contributed by atoms with Crippen LogP contribution in [0, 0.1) is 23.6 Å². The number of benzene rings is 1. The Bertz CT molecular complexity index is 478. The van der Waals surface area contributed by atoms with E-state index in [-0.39, 0.29) is 22.2 Å². The molecule has 5 heteroatoms. The SMILES string of the molecule is Fc1ccc(C#CC2CC2)c(SC(F)(F)F)c1. The van der Waals surface area contributed by atoms with Crippen LogP contribution in [-0.4, -0.2) is 5.51 Å². The summed E-state index contributed by atoms with van der Waals surface area (Å²) in [6.07, 6.45) is 1.99. The third kappa shape index (κ3) is 3.97. The maximum Gasteiger partial charge on any atom is 0.446 e. The first-order valence-corrected chi connectivity index (χ1v) is 5.82. The first-order valence-electron chi connectivity index (χ1n) is 5.01. The van der Waals surface area contributed by atoms with Crippen molar-refractivity contribution in [1.29, 1.82) is 0 Å². The molecule has 1 aromatic rings. The third-order valence-corrected chi connectivity index (χ3v) is 2.95. The zero-order valence-corrected chi connectivity index (χ0v) is 9.46. The molecule has 0 nitrogen and oxygen atoms in total. The van der Waals surface area contributed by atoms with Gasteiger partial charge < -0.3 is 0 Å². The fourth-order valence-corrected chi connectivity index (χ4v) is 1.87. The van der Waals surface area contributed by atoms with E-state index >= 15 is 0 Å². The maximum absolute atomic E-state index is 12.9. The molecule has 0 heterocycles. The van der Waals surface area contributed by atoms with Crippen molar-refractivity contribution in [2.24, 2.45) is 5.92 Å². The zero-order valence-electron chi connectivity index (χ0n) is 8.64. The van der Waals surface area contributed by atoms with Gasteiger partial charge in [0.15, 0.2) is 0 Å². The van der Waals surface area contributed by atoms with Crippen LogP contribution in [0.3, 0.4) is 0 Å². The van der Waals surface area contributed by atoms with Gasteiger partial charge in [0.2, 0.25) is 0 Å². The van der Waals surface area contributed by atoms with Crippen molar-refractivity contribution >= 4 is 11.8 Å². The Hall–Kier alpha value is -1.15.